The van der Waals surface area contributed by atoms with Crippen molar-refractivity contribution in [1.82, 2.24) is 9.88 Å². The number of benzene rings is 1. The number of likely N-dealkylation sites (N-methyl/N-ethyl adjacent to an activating group) is 1. The smallest absolute Gasteiger partial charge is 0.254 e. The SMILES string of the molecule is CNCCc1c(C)c2cc(OC)ccc2n(C)c1=O. The van der Waals surface area contributed by atoms with E-state index < -0.39 is 0 Å². The van der Waals surface area contributed by atoms with Crippen LogP contribution in [0.15, 0.2) is 23.0 Å². The van der Waals surface area contributed by atoms with Crippen molar-refractivity contribution in [2.24, 2.45) is 7.05 Å². The average molecular weight is 260 g/mol. The summed E-state index contributed by atoms with van der Waals surface area (Å²) < 4.78 is 6.98. The predicted molar refractivity (Wildman–Crippen MR) is 78.1 cm³/mol. The average Bonchev–Trinajstić information content (AvgIpc) is 2.44. The summed E-state index contributed by atoms with van der Waals surface area (Å²) in [7, 11) is 5.36. The number of rotatable bonds is 4. The molecule has 0 aliphatic rings. The lowest BCUT2D eigenvalue weighted by molar-refractivity contribution is 0.415. The number of fused-ring (bicyclic) bond motifs is 1. The third kappa shape index (κ3) is 2.36. The minimum atomic E-state index is 0.0883. The summed E-state index contributed by atoms with van der Waals surface area (Å²) in [6.45, 7) is 2.81. The Kier molecular flexibility index (Phi) is 3.90. The van der Waals surface area contributed by atoms with E-state index in [1.165, 1.54) is 0 Å². The van der Waals surface area contributed by atoms with E-state index in [9.17, 15) is 4.79 Å². The summed E-state index contributed by atoms with van der Waals surface area (Å²) in [5.41, 5.74) is 2.95. The van der Waals surface area contributed by atoms with E-state index in [0.717, 1.165) is 40.7 Å². The normalized spacial score (nSPS) is 10.9. The van der Waals surface area contributed by atoms with Gasteiger partial charge in [-0.05, 0) is 50.7 Å². The predicted octanol–water partition coefficient (Wildman–Crippen LogP) is 1.62. The summed E-state index contributed by atoms with van der Waals surface area (Å²) in [4.78, 5) is 12.4. The Morgan fingerprint density at radius 3 is 2.74 bits per heavy atom. The quantitative estimate of drug-likeness (QED) is 0.908. The molecule has 1 aromatic heterocycles. The van der Waals surface area contributed by atoms with E-state index >= 15 is 0 Å². The molecule has 0 atom stereocenters. The minimum absolute atomic E-state index is 0.0883. The first-order valence-electron chi connectivity index (χ1n) is 6.41. The zero-order valence-corrected chi connectivity index (χ0v) is 11.9. The van der Waals surface area contributed by atoms with Crippen molar-refractivity contribution in [3.05, 3.63) is 39.7 Å². The molecule has 1 heterocycles. The molecule has 0 radical (unpaired) electrons. The van der Waals surface area contributed by atoms with E-state index in [-0.39, 0.29) is 5.56 Å². The van der Waals surface area contributed by atoms with Crippen molar-refractivity contribution in [3.8, 4) is 5.75 Å². The molecule has 0 unspecified atom stereocenters. The standard InChI is InChI=1S/C15H20N2O2/c1-10-12(7-8-16-2)15(18)17(3)14-6-5-11(19-4)9-13(10)14/h5-6,9,16H,7-8H2,1-4H3. The molecule has 19 heavy (non-hydrogen) atoms. The van der Waals surface area contributed by atoms with Gasteiger partial charge in [-0.2, -0.15) is 0 Å². The third-order valence-electron chi connectivity index (χ3n) is 3.61. The molecular weight excluding hydrogens is 240 g/mol. The highest BCUT2D eigenvalue weighted by Crippen LogP contribution is 2.24. The second-order valence-corrected chi connectivity index (χ2v) is 4.70. The summed E-state index contributed by atoms with van der Waals surface area (Å²) in [5.74, 6) is 0.814. The molecule has 1 aromatic carbocycles. The van der Waals surface area contributed by atoms with Gasteiger partial charge in [-0.3, -0.25) is 4.79 Å². The summed E-state index contributed by atoms with van der Waals surface area (Å²) in [6.07, 6.45) is 0.738. The highest BCUT2D eigenvalue weighted by atomic mass is 16.5. The monoisotopic (exact) mass is 260 g/mol. The van der Waals surface area contributed by atoms with E-state index in [0.29, 0.717) is 0 Å². The molecule has 0 bridgehead atoms. The molecule has 0 saturated heterocycles. The first-order valence-corrected chi connectivity index (χ1v) is 6.41. The Morgan fingerprint density at radius 2 is 2.11 bits per heavy atom. The highest BCUT2D eigenvalue weighted by Gasteiger charge is 2.12. The first kappa shape index (κ1) is 13.6. The molecule has 2 aromatic rings. The van der Waals surface area contributed by atoms with Crippen LogP contribution >= 0.6 is 0 Å². The van der Waals surface area contributed by atoms with Gasteiger partial charge < -0.3 is 14.6 Å². The van der Waals surface area contributed by atoms with E-state index in [1.807, 2.05) is 39.2 Å². The van der Waals surface area contributed by atoms with Gasteiger partial charge in [0.1, 0.15) is 5.75 Å². The third-order valence-corrected chi connectivity index (χ3v) is 3.61. The molecule has 0 aliphatic carbocycles. The molecule has 0 amide bonds. The van der Waals surface area contributed by atoms with Crippen LogP contribution in [0.5, 0.6) is 5.75 Å². The number of methoxy groups -OCH3 is 1. The first-order chi connectivity index (χ1) is 9.10. The van der Waals surface area contributed by atoms with Gasteiger partial charge >= 0.3 is 0 Å². The molecule has 1 N–H and O–H groups in total. The topological polar surface area (TPSA) is 43.3 Å². The van der Waals surface area contributed by atoms with Crippen LogP contribution in [-0.4, -0.2) is 25.3 Å². The van der Waals surface area contributed by atoms with Crippen molar-refractivity contribution in [1.29, 1.82) is 0 Å². The number of aryl methyl sites for hydroxylation is 2. The maximum atomic E-state index is 12.4. The van der Waals surface area contributed by atoms with Gasteiger partial charge in [-0.1, -0.05) is 0 Å². The molecule has 0 spiro atoms. The molecule has 0 aliphatic heterocycles. The minimum Gasteiger partial charge on any atom is -0.497 e. The van der Waals surface area contributed by atoms with Crippen LogP contribution in [0, 0.1) is 6.92 Å². The lowest BCUT2D eigenvalue weighted by Gasteiger charge is -2.14. The van der Waals surface area contributed by atoms with Crippen molar-refractivity contribution in [2.45, 2.75) is 13.3 Å². The van der Waals surface area contributed by atoms with Crippen molar-refractivity contribution < 1.29 is 4.74 Å². The zero-order chi connectivity index (χ0) is 14.0. The second-order valence-electron chi connectivity index (χ2n) is 4.70. The Balaban J connectivity index is 2.73. The van der Waals surface area contributed by atoms with Crippen LogP contribution in [0.2, 0.25) is 0 Å². The summed E-state index contributed by atoms with van der Waals surface area (Å²) in [5, 5.41) is 4.16. The lowest BCUT2D eigenvalue weighted by Crippen LogP contribution is -2.25. The number of pyridine rings is 1. The van der Waals surface area contributed by atoms with Crippen molar-refractivity contribution in [3.63, 3.8) is 0 Å². The van der Waals surface area contributed by atoms with Gasteiger partial charge in [0, 0.05) is 18.0 Å². The van der Waals surface area contributed by atoms with Crippen LogP contribution in [0.25, 0.3) is 10.9 Å². The maximum absolute atomic E-state index is 12.4. The fourth-order valence-electron chi connectivity index (χ4n) is 2.41. The number of ether oxygens (including phenoxy) is 1. The fraction of sp³-hybridized carbons (Fsp3) is 0.400. The van der Waals surface area contributed by atoms with Crippen LogP contribution in [0.1, 0.15) is 11.1 Å². The Bertz CT molecular complexity index is 659. The molecule has 0 fully saturated rings. The van der Waals surface area contributed by atoms with Crippen LogP contribution in [-0.2, 0) is 13.5 Å². The molecule has 4 nitrogen and oxygen atoms in total. The Labute approximate surface area is 113 Å². The number of nitrogens with one attached hydrogen (secondary N) is 1. The second kappa shape index (κ2) is 5.45. The van der Waals surface area contributed by atoms with Crippen molar-refractivity contribution in [2.75, 3.05) is 20.7 Å². The van der Waals surface area contributed by atoms with Gasteiger partial charge in [-0.15, -0.1) is 0 Å². The van der Waals surface area contributed by atoms with Gasteiger partial charge in [0.15, 0.2) is 0 Å². The summed E-state index contributed by atoms with van der Waals surface area (Å²) in [6, 6.07) is 5.81. The molecular formula is C15H20N2O2. The van der Waals surface area contributed by atoms with E-state index in [2.05, 4.69) is 5.32 Å². The molecule has 102 valence electrons. The van der Waals surface area contributed by atoms with Crippen LogP contribution < -0.4 is 15.6 Å². The van der Waals surface area contributed by atoms with Gasteiger partial charge in [0.05, 0.1) is 12.6 Å². The molecule has 4 heteroatoms. The van der Waals surface area contributed by atoms with E-state index in [1.54, 1.807) is 11.7 Å². The van der Waals surface area contributed by atoms with E-state index in [4.69, 9.17) is 4.74 Å². The van der Waals surface area contributed by atoms with Crippen molar-refractivity contribution >= 4 is 10.9 Å². The van der Waals surface area contributed by atoms with Crippen LogP contribution in [0.3, 0.4) is 0 Å². The summed E-state index contributed by atoms with van der Waals surface area (Å²) >= 11 is 0. The number of aromatic nitrogens is 1. The lowest BCUT2D eigenvalue weighted by atomic mass is 10.0. The Morgan fingerprint density at radius 1 is 1.37 bits per heavy atom. The molecule has 2 rings (SSSR count). The number of hydrogen-bond acceptors (Lipinski definition) is 3. The van der Waals surface area contributed by atoms with Gasteiger partial charge in [0.2, 0.25) is 0 Å². The van der Waals surface area contributed by atoms with Gasteiger partial charge in [-0.25, -0.2) is 0 Å². The highest BCUT2D eigenvalue weighted by molar-refractivity contribution is 5.84. The number of hydrogen-bond donors (Lipinski definition) is 1. The zero-order valence-electron chi connectivity index (χ0n) is 11.9. The molecule has 0 saturated carbocycles. The Hall–Kier alpha value is -1.81. The number of nitrogens with zero attached hydrogens (tertiary/aromatic N) is 1. The van der Waals surface area contributed by atoms with Gasteiger partial charge in [0.25, 0.3) is 5.56 Å². The van der Waals surface area contributed by atoms with Crippen LogP contribution in [0.4, 0.5) is 0 Å². The largest absolute Gasteiger partial charge is 0.497 e. The fourth-order valence-corrected chi connectivity index (χ4v) is 2.41. The maximum Gasteiger partial charge on any atom is 0.254 e.